The van der Waals surface area contributed by atoms with Gasteiger partial charge in [-0.2, -0.15) is 0 Å². The molecule has 0 aromatic carbocycles. The van der Waals surface area contributed by atoms with Crippen LogP contribution >= 0.6 is 0 Å². The van der Waals surface area contributed by atoms with Crippen LogP contribution < -0.4 is 0 Å². The molecule has 106 valence electrons. The fourth-order valence-corrected chi connectivity index (χ4v) is 4.02. The Hall–Kier alpha value is -0.0800. The van der Waals surface area contributed by atoms with Crippen molar-refractivity contribution in [1.82, 2.24) is 0 Å². The predicted octanol–water partition coefficient (Wildman–Crippen LogP) is 3.91. The SMILES string of the molecule is CC1CC(OC2CCCCCC2O)CC(C)(C)C1. The van der Waals surface area contributed by atoms with Crippen LogP contribution in [0.5, 0.6) is 0 Å². The van der Waals surface area contributed by atoms with E-state index in [0.717, 1.165) is 31.6 Å². The van der Waals surface area contributed by atoms with Crippen LogP contribution in [0.2, 0.25) is 0 Å². The third-order valence-electron chi connectivity index (χ3n) is 4.63. The summed E-state index contributed by atoms with van der Waals surface area (Å²) in [5.41, 5.74) is 0.401. The first-order valence-corrected chi connectivity index (χ1v) is 7.80. The maximum atomic E-state index is 10.2. The van der Waals surface area contributed by atoms with Gasteiger partial charge in [0, 0.05) is 0 Å². The smallest absolute Gasteiger partial charge is 0.0837 e. The fraction of sp³-hybridized carbons (Fsp3) is 1.00. The molecule has 2 fully saturated rings. The molecule has 0 radical (unpaired) electrons. The lowest BCUT2D eigenvalue weighted by Crippen LogP contribution is -2.38. The van der Waals surface area contributed by atoms with Gasteiger partial charge in [-0.15, -0.1) is 0 Å². The minimum Gasteiger partial charge on any atom is -0.390 e. The molecule has 4 atom stereocenters. The Morgan fingerprint density at radius 1 is 1.06 bits per heavy atom. The Morgan fingerprint density at radius 2 is 1.78 bits per heavy atom. The number of rotatable bonds is 2. The first-order chi connectivity index (χ1) is 8.46. The Bertz CT molecular complexity index is 262. The Balaban J connectivity index is 1.91. The van der Waals surface area contributed by atoms with Gasteiger partial charge in [0.1, 0.15) is 0 Å². The van der Waals surface area contributed by atoms with Gasteiger partial charge in [-0.1, -0.05) is 40.0 Å². The zero-order valence-corrected chi connectivity index (χ0v) is 12.3. The van der Waals surface area contributed by atoms with E-state index < -0.39 is 0 Å². The summed E-state index contributed by atoms with van der Waals surface area (Å²) in [5.74, 6) is 0.752. The van der Waals surface area contributed by atoms with E-state index in [9.17, 15) is 5.11 Å². The molecule has 0 heterocycles. The summed E-state index contributed by atoms with van der Waals surface area (Å²) in [4.78, 5) is 0. The van der Waals surface area contributed by atoms with Crippen molar-refractivity contribution in [2.75, 3.05) is 0 Å². The summed E-state index contributed by atoms with van der Waals surface area (Å²) < 4.78 is 6.28. The van der Waals surface area contributed by atoms with E-state index in [2.05, 4.69) is 20.8 Å². The van der Waals surface area contributed by atoms with Gasteiger partial charge >= 0.3 is 0 Å². The molecule has 0 spiro atoms. The van der Waals surface area contributed by atoms with E-state index in [0.29, 0.717) is 11.5 Å². The molecule has 0 bridgehead atoms. The number of aliphatic hydroxyl groups excluding tert-OH is 1. The van der Waals surface area contributed by atoms with Crippen molar-refractivity contribution in [2.45, 2.75) is 90.4 Å². The van der Waals surface area contributed by atoms with Gasteiger partial charge in [-0.05, 0) is 43.4 Å². The monoisotopic (exact) mass is 254 g/mol. The summed E-state index contributed by atoms with van der Waals surface area (Å²) in [6.45, 7) is 7.03. The fourth-order valence-electron chi connectivity index (χ4n) is 4.02. The molecule has 2 heteroatoms. The molecule has 2 aliphatic carbocycles. The van der Waals surface area contributed by atoms with Crippen LogP contribution in [0.15, 0.2) is 0 Å². The van der Waals surface area contributed by atoms with E-state index in [-0.39, 0.29) is 12.2 Å². The highest BCUT2D eigenvalue weighted by Gasteiger charge is 2.35. The van der Waals surface area contributed by atoms with Crippen LogP contribution in [-0.2, 0) is 4.74 Å². The molecule has 18 heavy (non-hydrogen) atoms. The minimum atomic E-state index is -0.229. The molecule has 0 aliphatic heterocycles. The Morgan fingerprint density at radius 3 is 2.50 bits per heavy atom. The molecule has 0 amide bonds. The molecule has 2 nitrogen and oxygen atoms in total. The maximum Gasteiger partial charge on any atom is 0.0837 e. The second kappa shape index (κ2) is 5.92. The summed E-state index contributed by atoms with van der Waals surface area (Å²) >= 11 is 0. The molecule has 2 saturated carbocycles. The standard InChI is InChI=1S/C16H30O2/c1-12-9-13(11-16(2,3)10-12)18-15-8-6-4-5-7-14(15)17/h12-15,17H,4-11H2,1-3H3. The number of hydrogen-bond donors (Lipinski definition) is 1. The summed E-state index contributed by atoms with van der Waals surface area (Å²) in [6.07, 6.45) is 9.47. The van der Waals surface area contributed by atoms with Gasteiger partial charge in [0.15, 0.2) is 0 Å². The first-order valence-electron chi connectivity index (χ1n) is 7.80. The van der Waals surface area contributed by atoms with Crippen LogP contribution in [-0.4, -0.2) is 23.4 Å². The summed E-state index contributed by atoms with van der Waals surface area (Å²) in [5, 5.41) is 10.2. The van der Waals surface area contributed by atoms with Gasteiger partial charge in [0.05, 0.1) is 18.3 Å². The number of aliphatic hydroxyl groups is 1. The quantitative estimate of drug-likeness (QED) is 0.757. The van der Waals surface area contributed by atoms with Crippen molar-refractivity contribution in [1.29, 1.82) is 0 Å². The van der Waals surface area contributed by atoms with Crippen molar-refractivity contribution in [3.8, 4) is 0 Å². The van der Waals surface area contributed by atoms with Gasteiger partial charge in [0.25, 0.3) is 0 Å². The zero-order valence-electron chi connectivity index (χ0n) is 12.3. The average Bonchev–Trinajstić information content (AvgIpc) is 2.41. The Kier molecular flexibility index (Phi) is 4.71. The lowest BCUT2D eigenvalue weighted by atomic mass is 9.71. The van der Waals surface area contributed by atoms with E-state index >= 15 is 0 Å². The van der Waals surface area contributed by atoms with E-state index in [1.807, 2.05) is 0 Å². The van der Waals surface area contributed by atoms with Crippen LogP contribution in [0.1, 0.15) is 72.1 Å². The van der Waals surface area contributed by atoms with Gasteiger partial charge in [-0.3, -0.25) is 0 Å². The molecular formula is C16H30O2. The van der Waals surface area contributed by atoms with E-state index in [4.69, 9.17) is 4.74 Å². The minimum absolute atomic E-state index is 0.0959. The normalized spacial score (nSPS) is 41.3. The largest absolute Gasteiger partial charge is 0.390 e. The summed E-state index contributed by atoms with van der Waals surface area (Å²) in [7, 11) is 0. The van der Waals surface area contributed by atoms with Gasteiger partial charge in [0.2, 0.25) is 0 Å². The predicted molar refractivity (Wildman–Crippen MR) is 74.5 cm³/mol. The first kappa shape index (κ1) is 14.3. The highest BCUT2D eigenvalue weighted by molar-refractivity contribution is 4.85. The van der Waals surface area contributed by atoms with Crippen molar-refractivity contribution in [3.05, 3.63) is 0 Å². The third-order valence-corrected chi connectivity index (χ3v) is 4.63. The van der Waals surface area contributed by atoms with Crippen molar-refractivity contribution >= 4 is 0 Å². The van der Waals surface area contributed by atoms with E-state index in [1.165, 1.54) is 25.7 Å². The molecule has 0 aromatic heterocycles. The maximum absolute atomic E-state index is 10.2. The lowest BCUT2D eigenvalue weighted by molar-refractivity contribution is -0.110. The second-order valence-corrected chi connectivity index (χ2v) is 7.42. The zero-order chi connectivity index (χ0) is 13.2. The van der Waals surface area contributed by atoms with Crippen molar-refractivity contribution < 1.29 is 9.84 Å². The van der Waals surface area contributed by atoms with Crippen LogP contribution in [0.4, 0.5) is 0 Å². The lowest BCUT2D eigenvalue weighted by Gasteiger charge is -2.40. The highest BCUT2D eigenvalue weighted by Crippen LogP contribution is 2.40. The van der Waals surface area contributed by atoms with E-state index in [1.54, 1.807) is 0 Å². The number of ether oxygens (including phenoxy) is 1. The molecule has 2 rings (SSSR count). The van der Waals surface area contributed by atoms with Crippen LogP contribution in [0.25, 0.3) is 0 Å². The van der Waals surface area contributed by atoms with Crippen LogP contribution in [0.3, 0.4) is 0 Å². The van der Waals surface area contributed by atoms with Crippen molar-refractivity contribution in [2.24, 2.45) is 11.3 Å². The molecule has 4 unspecified atom stereocenters. The third kappa shape index (κ3) is 3.96. The molecular weight excluding hydrogens is 224 g/mol. The van der Waals surface area contributed by atoms with Crippen molar-refractivity contribution in [3.63, 3.8) is 0 Å². The molecule has 1 N–H and O–H groups in total. The molecule has 0 aromatic rings. The average molecular weight is 254 g/mol. The topological polar surface area (TPSA) is 29.5 Å². The Labute approximate surface area is 112 Å². The van der Waals surface area contributed by atoms with Gasteiger partial charge < -0.3 is 9.84 Å². The molecule has 2 aliphatic rings. The number of hydrogen-bond acceptors (Lipinski definition) is 2. The van der Waals surface area contributed by atoms with Gasteiger partial charge in [-0.25, -0.2) is 0 Å². The summed E-state index contributed by atoms with van der Waals surface area (Å²) in [6, 6.07) is 0. The second-order valence-electron chi connectivity index (χ2n) is 7.42. The highest BCUT2D eigenvalue weighted by atomic mass is 16.5. The van der Waals surface area contributed by atoms with Crippen LogP contribution in [0, 0.1) is 11.3 Å². The molecule has 0 saturated heterocycles.